The maximum absolute atomic E-state index is 3.80. The Bertz CT molecular complexity index is 241. The highest BCUT2D eigenvalue weighted by Gasteiger charge is 1.92. The summed E-state index contributed by atoms with van der Waals surface area (Å²) < 4.78 is 0. The number of nitrogens with zero attached hydrogens (tertiary/aromatic N) is 2. The van der Waals surface area contributed by atoms with Gasteiger partial charge in [-0.1, -0.05) is 0 Å². The first-order valence-corrected chi connectivity index (χ1v) is 3.48. The minimum absolute atomic E-state index is 0. The predicted octanol–water partition coefficient (Wildman–Crippen LogP) is 2.51. The van der Waals surface area contributed by atoms with Crippen LogP contribution in [0.3, 0.4) is 0 Å². The minimum Gasteiger partial charge on any atom is -0.378 e. The number of anilines is 1. The number of halogens is 1. The first kappa shape index (κ1) is 11.0. The van der Waals surface area contributed by atoms with E-state index in [9.17, 15) is 0 Å². The van der Waals surface area contributed by atoms with E-state index in [-0.39, 0.29) is 12.4 Å². The van der Waals surface area contributed by atoms with Crippen LogP contribution in [-0.4, -0.2) is 20.8 Å². The maximum atomic E-state index is 3.80. The third-order valence-corrected chi connectivity index (χ3v) is 1.55. The normalized spacial score (nSPS) is 8.50. The summed E-state index contributed by atoms with van der Waals surface area (Å²) in [4.78, 5) is 5.85. The lowest BCUT2D eigenvalue weighted by Gasteiger charge is -2.11. The molecular formula is C9H13ClN2. The van der Waals surface area contributed by atoms with E-state index in [0.29, 0.717) is 0 Å². The second-order valence-corrected chi connectivity index (χ2v) is 2.57. The molecule has 0 radical (unpaired) electrons. The molecule has 0 aromatic heterocycles. The van der Waals surface area contributed by atoms with Crippen molar-refractivity contribution in [3.05, 3.63) is 24.3 Å². The van der Waals surface area contributed by atoms with Gasteiger partial charge in [-0.2, -0.15) is 0 Å². The molecule has 3 heteroatoms. The van der Waals surface area contributed by atoms with Crippen molar-refractivity contribution >= 4 is 30.5 Å². The van der Waals surface area contributed by atoms with E-state index in [1.807, 2.05) is 43.3 Å². The molecule has 12 heavy (non-hydrogen) atoms. The van der Waals surface area contributed by atoms with Gasteiger partial charge in [0.2, 0.25) is 0 Å². The molecule has 0 saturated carbocycles. The first-order chi connectivity index (χ1) is 5.24. The van der Waals surface area contributed by atoms with Gasteiger partial charge in [0.25, 0.3) is 0 Å². The van der Waals surface area contributed by atoms with Crippen molar-refractivity contribution in [2.75, 3.05) is 19.0 Å². The molecule has 0 spiro atoms. The lowest BCUT2D eigenvalue weighted by atomic mass is 10.3. The zero-order chi connectivity index (χ0) is 8.27. The van der Waals surface area contributed by atoms with E-state index in [2.05, 4.69) is 11.7 Å². The van der Waals surface area contributed by atoms with Crippen molar-refractivity contribution in [2.45, 2.75) is 0 Å². The summed E-state index contributed by atoms with van der Waals surface area (Å²) in [5.74, 6) is 0. The van der Waals surface area contributed by atoms with Crippen LogP contribution in [0.2, 0.25) is 0 Å². The van der Waals surface area contributed by atoms with E-state index >= 15 is 0 Å². The highest BCUT2D eigenvalue weighted by molar-refractivity contribution is 5.85. The van der Waals surface area contributed by atoms with Gasteiger partial charge in [0.05, 0.1) is 5.69 Å². The summed E-state index contributed by atoms with van der Waals surface area (Å²) in [5.41, 5.74) is 2.09. The molecular weight excluding hydrogens is 172 g/mol. The van der Waals surface area contributed by atoms with E-state index < -0.39 is 0 Å². The van der Waals surface area contributed by atoms with Crippen molar-refractivity contribution in [1.29, 1.82) is 0 Å². The third-order valence-electron chi connectivity index (χ3n) is 1.55. The lowest BCUT2D eigenvalue weighted by molar-refractivity contribution is 1.13. The van der Waals surface area contributed by atoms with Crippen LogP contribution in [0.5, 0.6) is 0 Å². The van der Waals surface area contributed by atoms with Gasteiger partial charge in [0.15, 0.2) is 0 Å². The van der Waals surface area contributed by atoms with E-state index in [1.165, 1.54) is 5.69 Å². The molecule has 1 aromatic rings. The fourth-order valence-electron chi connectivity index (χ4n) is 0.856. The SMILES string of the molecule is C=Nc1ccc(N(C)C)cc1.Cl. The number of hydrogen-bond donors (Lipinski definition) is 0. The number of benzene rings is 1. The standard InChI is InChI=1S/C9H12N2.ClH/c1-10-8-4-6-9(7-5-8)11(2)3;/h4-7H,1H2,2-3H3;1H. The molecule has 0 fully saturated rings. The Kier molecular flexibility index (Phi) is 4.37. The molecule has 0 saturated heterocycles. The third kappa shape index (κ3) is 2.55. The van der Waals surface area contributed by atoms with Gasteiger partial charge in [-0.15, -0.1) is 12.4 Å². The molecule has 0 amide bonds. The average molecular weight is 185 g/mol. The van der Waals surface area contributed by atoms with Crippen LogP contribution < -0.4 is 4.90 Å². The summed E-state index contributed by atoms with van der Waals surface area (Å²) in [6.07, 6.45) is 0. The number of hydrogen-bond acceptors (Lipinski definition) is 2. The second-order valence-electron chi connectivity index (χ2n) is 2.57. The molecule has 0 atom stereocenters. The summed E-state index contributed by atoms with van der Waals surface area (Å²) >= 11 is 0. The maximum Gasteiger partial charge on any atom is 0.0623 e. The molecule has 2 nitrogen and oxygen atoms in total. The van der Waals surface area contributed by atoms with Gasteiger partial charge in [-0.05, 0) is 31.0 Å². The fourth-order valence-corrected chi connectivity index (χ4v) is 0.856. The second kappa shape index (κ2) is 4.78. The van der Waals surface area contributed by atoms with Crippen LogP contribution in [0.15, 0.2) is 29.3 Å². The van der Waals surface area contributed by atoms with Gasteiger partial charge in [0, 0.05) is 19.8 Å². The minimum atomic E-state index is 0. The molecule has 1 rings (SSSR count). The average Bonchev–Trinajstić information content (AvgIpc) is 2.05. The molecule has 0 aliphatic heterocycles. The predicted molar refractivity (Wildman–Crippen MR) is 57.2 cm³/mol. The smallest absolute Gasteiger partial charge is 0.0623 e. The van der Waals surface area contributed by atoms with Crippen LogP contribution in [0.25, 0.3) is 0 Å². The molecule has 0 aliphatic carbocycles. The molecule has 0 aliphatic rings. The Hall–Kier alpha value is -1.02. The van der Waals surface area contributed by atoms with E-state index in [0.717, 1.165) is 5.69 Å². The van der Waals surface area contributed by atoms with Crippen molar-refractivity contribution in [2.24, 2.45) is 4.99 Å². The Labute approximate surface area is 79.3 Å². The van der Waals surface area contributed by atoms with Crippen molar-refractivity contribution in [1.82, 2.24) is 0 Å². The van der Waals surface area contributed by atoms with Gasteiger partial charge < -0.3 is 4.90 Å². The Morgan fingerprint density at radius 1 is 1.17 bits per heavy atom. The van der Waals surface area contributed by atoms with Crippen molar-refractivity contribution < 1.29 is 0 Å². The van der Waals surface area contributed by atoms with Crippen molar-refractivity contribution in [3.8, 4) is 0 Å². The van der Waals surface area contributed by atoms with Gasteiger partial charge in [0.1, 0.15) is 0 Å². The zero-order valence-electron chi connectivity index (χ0n) is 7.32. The molecule has 1 aromatic carbocycles. The fraction of sp³-hybridized carbons (Fsp3) is 0.222. The highest BCUT2D eigenvalue weighted by Crippen LogP contribution is 2.16. The van der Waals surface area contributed by atoms with E-state index in [4.69, 9.17) is 0 Å². The topological polar surface area (TPSA) is 15.6 Å². The monoisotopic (exact) mass is 184 g/mol. The molecule has 0 unspecified atom stereocenters. The summed E-state index contributed by atoms with van der Waals surface area (Å²) in [7, 11) is 4.02. The molecule has 0 N–H and O–H groups in total. The van der Waals surface area contributed by atoms with Crippen LogP contribution >= 0.6 is 12.4 Å². The van der Waals surface area contributed by atoms with Crippen molar-refractivity contribution in [3.63, 3.8) is 0 Å². The molecule has 0 heterocycles. The first-order valence-electron chi connectivity index (χ1n) is 3.48. The largest absolute Gasteiger partial charge is 0.378 e. The van der Waals surface area contributed by atoms with Gasteiger partial charge in [-0.25, -0.2) is 0 Å². The summed E-state index contributed by atoms with van der Waals surface area (Å²) in [5, 5.41) is 0. The quantitative estimate of drug-likeness (QED) is 0.645. The lowest BCUT2D eigenvalue weighted by Crippen LogP contribution is -2.07. The number of rotatable bonds is 2. The zero-order valence-corrected chi connectivity index (χ0v) is 8.14. The molecule has 66 valence electrons. The van der Waals surface area contributed by atoms with Gasteiger partial charge >= 0.3 is 0 Å². The summed E-state index contributed by atoms with van der Waals surface area (Å²) in [6.45, 7) is 3.44. The number of aliphatic imine (C=N–C) groups is 1. The molecule has 0 bridgehead atoms. The van der Waals surface area contributed by atoms with Crippen LogP contribution in [-0.2, 0) is 0 Å². The van der Waals surface area contributed by atoms with Crippen LogP contribution in [0.4, 0.5) is 11.4 Å². The van der Waals surface area contributed by atoms with Crippen LogP contribution in [0, 0.1) is 0 Å². The summed E-state index contributed by atoms with van der Waals surface area (Å²) in [6, 6.07) is 7.93. The van der Waals surface area contributed by atoms with E-state index in [1.54, 1.807) is 0 Å². The van der Waals surface area contributed by atoms with Gasteiger partial charge in [-0.3, -0.25) is 4.99 Å². The Morgan fingerprint density at radius 3 is 2.00 bits per heavy atom. The highest BCUT2D eigenvalue weighted by atomic mass is 35.5. The Balaban J connectivity index is 0.00000121. The van der Waals surface area contributed by atoms with Crippen LogP contribution in [0.1, 0.15) is 0 Å². The Morgan fingerprint density at radius 2 is 1.67 bits per heavy atom.